The van der Waals surface area contributed by atoms with E-state index in [4.69, 9.17) is 9.72 Å². The standard InChI is InChI=1S/C32H39N5O3/c1-19(32(2,3)4)31(39)37-16-22-11-8-12-23(17-37)26(22)24-18-36(5)29-27(24)28(40-6)25(15-34-29)35-30(38)21-10-7-9-20(13-21)14-33/h7,9-10,13,15,18-19,22-23,26H,8,11-12,16-17H2,1-6H3,(H,35,38)/t19-,22-,23+,26-/m0/s1. The third-order valence-electron chi connectivity index (χ3n) is 9.09. The number of amides is 2. The maximum absolute atomic E-state index is 13.5. The maximum Gasteiger partial charge on any atom is 0.255 e. The van der Waals surface area contributed by atoms with E-state index in [1.165, 1.54) is 12.0 Å². The zero-order valence-electron chi connectivity index (χ0n) is 24.3. The molecule has 2 aliphatic rings. The van der Waals surface area contributed by atoms with Gasteiger partial charge in [0.05, 0.1) is 30.3 Å². The topological polar surface area (TPSA) is 100 Å². The number of nitrogens with zero attached hydrogens (tertiary/aromatic N) is 4. The first-order valence-corrected chi connectivity index (χ1v) is 14.2. The van der Waals surface area contributed by atoms with Crippen LogP contribution in [0.25, 0.3) is 11.0 Å². The Balaban J connectivity index is 1.50. The van der Waals surface area contributed by atoms with Crippen LogP contribution in [0.5, 0.6) is 5.75 Å². The first-order valence-electron chi connectivity index (χ1n) is 14.2. The number of hydrogen-bond donors (Lipinski definition) is 1. The van der Waals surface area contributed by atoms with Crippen molar-refractivity contribution in [3.63, 3.8) is 0 Å². The quantitative estimate of drug-likeness (QED) is 0.445. The van der Waals surface area contributed by atoms with Gasteiger partial charge in [-0.1, -0.05) is 40.2 Å². The number of aryl methyl sites for hydroxylation is 1. The summed E-state index contributed by atoms with van der Waals surface area (Å²) < 4.78 is 7.98. The Morgan fingerprint density at radius 3 is 2.52 bits per heavy atom. The van der Waals surface area contributed by atoms with Gasteiger partial charge >= 0.3 is 0 Å². The number of hydrogen-bond acceptors (Lipinski definition) is 5. The minimum Gasteiger partial charge on any atom is -0.494 e. The lowest BCUT2D eigenvalue weighted by molar-refractivity contribution is -0.142. The van der Waals surface area contributed by atoms with E-state index in [2.05, 4.69) is 50.2 Å². The first-order chi connectivity index (χ1) is 19.0. The van der Waals surface area contributed by atoms with Gasteiger partial charge in [0.25, 0.3) is 5.91 Å². The highest BCUT2D eigenvalue weighted by Crippen LogP contribution is 2.50. The fraction of sp³-hybridized carbons (Fsp3) is 0.500. The van der Waals surface area contributed by atoms with Crippen molar-refractivity contribution in [3.8, 4) is 11.8 Å². The van der Waals surface area contributed by atoms with Crippen LogP contribution in [0.4, 0.5) is 5.69 Å². The molecule has 2 bridgehead atoms. The van der Waals surface area contributed by atoms with Crippen molar-refractivity contribution >= 4 is 28.5 Å². The van der Waals surface area contributed by atoms with Crippen LogP contribution in [-0.2, 0) is 11.8 Å². The molecule has 5 rings (SSSR count). The summed E-state index contributed by atoms with van der Waals surface area (Å²) in [6.45, 7) is 9.98. The Morgan fingerprint density at radius 2 is 1.90 bits per heavy atom. The van der Waals surface area contributed by atoms with Crippen LogP contribution in [0.3, 0.4) is 0 Å². The number of aromatic nitrogens is 2. The number of fused-ring (bicyclic) bond motifs is 3. The summed E-state index contributed by atoms with van der Waals surface area (Å²) in [6.07, 6.45) is 7.12. The number of nitriles is 1. The van der Waals surface area contributed by atoms with Crippen molar-refractivity contribution in [2.75, 3.05) is 25.5 Å². The summed E-state index contributed by atoms with van der Waals surface area (Å²) >= 11 is 0. The molecule has 1 N–H and O–H groups in total. The van der Waals surface area contributed by atoms with Gasteiger partial charge in [0, 0.05) is 37.8 Å². The number of carbonyl (C=O) groups excluding carboxylic acids is 2. The van der Waals surface area contributed by atoms with Crippen molar-refractivity contribution in [1.82, 2.24) is 14.5 Å². The fourth-order valence-corrected chi connectivity index (χ4v) is 6.59. The average molecular weight is 542 g/mol. The number of methoxy groups -OCH3 is 1. The molecule has 40 heavy (non-hydrogen) atoms. The van der Waals surface area contributed by atoms with Crippen molar-refractivity contribution in [2.45, 2.75) is 52.9 Å². The van der Waals surface area contributed by atoms with E-state index in [0.29, 0.717) is 34.4 Å². The van der Waals surface area contributed by atoms with Crippen LogP contribution in [0.15, 0.2) is 36.7 Å². The lowest BCUT2D eigenvalue weighted by Gasteiger charge is -2.48. The summed E-state index contributed by atoms with van der Waals surface area (Å²) in [7, 11) is 3.61. The third kappa shape index (κ3) is 4.94. The van der Waals surface area contributed by atoms with Crippen LogP contribution in [-0.4, -0.2) is 46.5 Å². The number of piperidine rings is 1. The summed E-state index contributed by atoms with van der Waals surface area (Å²) in [5.41, 5.74) is 3.21. The number of pyridine rings is 1. The largest absolute Gasteiger partial charge is 0.494 e. The van der Waals surface area contributed by atoms with E-state index in [9.17, 15) is 14.9 Å². The lowest BCUT2D eigenvalue weighted by atomic mass is 9.66. The summed E-state index contributed by atoms with van der Waals surface area (Å²) in [5.74, 6) is 1.46. The van der Waals surface area contributed by atoms with Crippen LogP contribution in [0.1, 0.15) is 74.4 Å². The lowest BCUT2D eigenvalue weighted by Crippen LogP contribution is -2.52. The maximum atomic E-state index is 13.5. The van der Waals surface area contributed by atoms with Gasteiger partial charge in [-0.05, 0) is 59.8 Å². The molecule has 1 aliphatic carbocycles. The average Bonchev–Trinajstić information content (AvgIpc) is 3.26. The van der Waals surface area contributed by atoms with Gasteiger partial charge in [-0.3, -0.25) is 9.59 Å². The van der Waals surface area contributed by atoms with Crippen molar-refractivity contribution in [1.29, 1.82) is 5.26 Å². The number of ether oxygens (including phenoxy) is 1. The number of carbonyl (C=O) groups is 2. The molecule has 3 heterocycles. The molecule has 3 aromatic rings. The molecule has 0 radical (unpaired) electrons. The SMILES string of the molecule is COc1c(NC(=O)c2cccc(C#N)c2)cnc2c1c([C@@H]1[C@@H]3CCC[C@H]1CN(C(=O)[C@H](C)C(C)(C)C)C3)cn2C. The number of benzene rings is 1. The Labute approximate surface area is 236 Å². The number of likely N-dealkylation sites (tertiary alicyclic amines) is 1. The Bertz CT molecular complexity index is 1480. The molecule has 210 valence electrons. The number of nitrogens with one attached hydrogen (secondary N) is 1. The van der Waals surface area contributed by atoms with Gasteiger partial charge in [-0.15, -0.1) is 0 Å². The Kier molecular flexibility index (Phi) is 7.34. The monoisotopic (exact) mass is 541 g/mol. The van der Waals surface area contributed by atoms with E-state index in [1.807, 2.05) is 11.6 Å². The number of rotatable bonds is 5. The normalized spacial score (nSPS) is 21.5. The van der Waals surface area contributed by atoms with Gasteiger partial charge in [-0.25, -0.2) is 4.98 Å². The molecule has 2 aromatic heterocycles. The minimum atomic E-state index is -0.328. The smallest absolute Gasteiger partial charge is 0.255 e. The van der Waals surface area contributed by atoms with Crippen molar-refractivity contribution < 1.29 is 14.3 Å². The minimum absolute atomic E-state index is 0.0355. The second-order valence-corrected chi connectivity index (χ2v) is 12.6. The molecule has 0 spiro atoms. The second kappa shape index (κ2) is 10.6. The highest BCUT2D eigenvalue weighted by Gasteiger charge is 2.44. The Hall–Kier alpha value is -3.86. The molecular formula is C32H39N5O3. The van der Waals surface area contributed by atoms with Crippen LogP contribution < -0.4 is 10.1 Å². The van der Waals surface area contributed by atoms with Crippen LogP contribution in [0.2, 0.25) is 0 Å². The Morgan fingerprint density at radius 1 is 1.20 bits per heavy atom. The molecule has 0 unspecified atom stereocenters. The van der Waals surface area contributed by atoms with E-state index in [1.54, 1.807) is 37.6 Å². The van der Waals surface area contributed by atoms with E-state index < -0.39 is 0 Å². The fourth-order valence-electron chi connectivity index (χ4n) is 6.59. The predicted octanol–water partition coefficient (Wildman–Crippen LogP) is 5.73. The highest BCUT2D eigenvalue weighted by molar-refractivity contribution is 6.07. The van der Waals surface area contributed by atoms with Gasteiger partial charge in [-0.2, -0.15) is 5.26 Å². The van der Waals surface area contributed by atoms with E-state index >= 15 is 0 Å². The third-order valence-corrected chi connectivity index (χ3v) is 9.09. The molecule has 8 nitrogen and oxygen atoms in total. The molecule has 1 aliphatic heterocycles. The number of anilines is 1. The molecule has 2 fully saturated rings. The first kappa shape index (κ1) is 27.7. The molecule has 4 atom stereocenters. The summed E-state index contributed by atoms with van der Waals surface area (Å²) in [6, 6.07) is 8.69. The van der Waals surface area contributed by atoms with Crippen LogP contribution >= 0.6 is 0 Å². The molecule has 1 saturated heterocycles. The summed E-state index contributed by atoms with van der Waals surface area (Å²) in [4.78, 5) is 33.4. The molecular weight excluding hydrogens is 502 g/mol. The van der Waals surface area contributed by atoms with Crippen molar-refractivity contribution in [2.24, 2.45) is 30.2 Å². The molecule has 1 saturated carbocycles. The zero-order chi connectivity index (χ0) is 28.8. The van der Waals surface area contributed by atoms with Gasteiger partial charge < -0.3 is 19.5 Å². The molecule has 8 heteroatoms. The van der Waals surface area contributed by atoms with Gasteiger partial charge in [0.15, 0.2) is 5.75 Å². The van der Waals surface area contributed by atoms with Gasteiger partial charge in [0.2, 0.25) is 5.91 Å². The van der Waals surface area contributed by atoms with E-state index in [-0.39, 0.29) is 29.1 Å². The summed E-state index contributed by atoms with van der Waals surface area (Å²) in [5, 5.41) is 13.1. The predicted molar refractivity (Wildman–Crippen MR) is 155 cm³/mol. The van der Waals surface area contributed by atoms with Gasteiger partial charge in [0.1, 0.15) is 11.3 Å². The van der Waals surface area contributed by atoms with E-state index in [0.717, 1.165) is 37.0 Å². The molecule has 1 aromatic carbocycles. The zero-order valence-corrected chi connectivity index (χ0v) is 24.3. The van der Waals surface area contributed by atoms with Crippen molar-refractivity contribution in [3.05, 3.63) is 53.3 Å². The molecule has 2 amide bonds. The van der Waals surface area contributed by atoms with Crippen LogP contribution in [0, 0.1) is 34.5 Å². The highest BCUT2D eigenvalue weighted by atomic mass is 16.5. The second-order valence-electron chi connectivity index (χ2n) is 12.6.